The van der Waals surface area contributed by atoms with Crippen molar-refractivity contribution in [3.05, 3.63) is 36.5 Å². The van der Waals surface area contributed by atoms with Crippen molar-refractivity contribution >= 4 is 22.8 Å². The molecule has 1 aromatic heterocycles. The highest BCUT2D eigenvalue weighted by molar-refractivity contribution is 5.83. The van der Waals surface area contributed by atoms with Gasteiger partial charge in [-0.3, -0.25) is 9.59 Å². The number of nitrogens with one attached hydrogen (secondary N) is 1. The quantitative estimate of drug-likeness (QED) is 0.874. The first-order valence-corrected chi connectivity index (χ1v) is 6.55. The lowest BCUT2D eigenvalue weighted by atomic mass is 10.0. The molecule has 5 nitrogen and oxygen atoms in total. The molecule has 2 N–H and O–H groups in total. The number of para-hydroxylation sites is 1. The Morgan fingerprint density at radius 1 is 1.25 bits per heavy atom. The monoisotopic (exact) mass is 274 g/mol. The highest BCUT2D eigenvalue weighted by Gasteiger charge is 2.21. The molecule has 1 heterocycles. The lowest BCUT2D eigenvalue weighted by molar-refractivity contribution is -0.142. The summed E-state index contributed by atoms with van der Waals surface area (Å²) in [5.41, 5.74) is 0.988. The van der Waals surface area contributed by atoms with Crippen LogP contribution in [0.15, 0.2) is 36.5 Å². The van der Waals surface area contributed by atoms with E-state index < -0.39 is 17.9 Å². The highest BCUT2D eigenvalue weighted by atomic mass is 16.4. The Morgan fingerprint density at radius 3 is 2.65 bits per heavy atom. The summed E-state index contributed by atoms with van der Waals surface area (Å²) >= 11 is 0. The second kappa shape index (κ2) is 5.77. The van der Waals surface area contributed by atoms with E-state index in [0.29, 0.717) is 0 Å². The number of nitrogens with zero attached hydrogens (tertiary/aromatic N) is 1. The second-order valence-electron chi connectivity index (χ2n) is 4.99. The van der Waals surface area contributed by atoms with E-state index >= 15 is 0 Å². The molecule has 0 spiro atoms. The van der Waals surface area contributed by atoms with Crippen LogP contribution in [0.4, 0.5) is 0 Å². The summed E-state index contributed by atoms with van der Waals surface area (Å²) in [6.45, 7) is 3.47. The highest BCUT2D eigenvalue weighted by Crippen LogP contribution is 2.14. The van der Waals surface area contributed by atoms with Crippen molar-refractivity contribution in [2.75, 3.05) is 0 Å². The van der Waals surface area contributed by atoms with Crippen molar-refractivity contribution in [3.8, 4) is 0 Å². The van der Waals surface area contributed by atoms with Crippen LogP contribution in [-0.4, -0.2) is 27.6 Å². The van der Waals surface area contributed by atoms with Crippen LogP contribution < -0.4 is 5.32 Å². The van der Waals surface area contributed by atoms with Crippen molar-refractivity contribution in [1.82, 2.24) is 9.88 Å². The fraction of sp³-hybridized carbons (Fsp3) is 0.333. The minimum atomic E-state index is -0.913. The van der Waals surface area contributed by atoms with Crippen LogP contribution in [0.25, 0.3) is 10.9 Å². The summed E-state index contributed by atoms with van der Waals surface area (Å²) in [5.74, 6) is -1.71. The molecule has 1 amide bonds. The number of hydrogen-bond acceptors (Lipinski definition) is 2. The van der Waals surface area contributed by atoms with Gasteiger partial charge in [-0.05, 0) is 31.4 Å². The molecule has 2 atom stereocenters. The van der Waals surface area contributed by atoms with Gasteiger partial charge in [0.2, 0.25) is 5.91 Å². The van der Waals surface area contributed by atoms with E-state index in [0.717, 1.165) is 10.9 Å². The SMILES string of the molecule is CC(NC(=O)Cn1ccc2ccccc21)C(C)C(=O)O. The maximum Gasteiger partial charge on any atom is 0.308 e. The number of carbonyl (C=O) groups is 2. The van der Waals surface area contributed by atoms with Crippen LogP contribution in [0.2, 0.25) is 0 Å². The van der Waals surface area contributed by atoms with Crippen molar-refractivity contribution in [1.29, 1.82) is 0 Å². The Kier molecular flexibility index (Phi) is 4.08. The first kappa shape index (κ1) is 14.1. The molecule has 2 rings (SSSR count). The van der Waals surface area contributed by atoms with Gasteiger partial charge in [0, 0.05) is 17.8 Å². The minimum absolute atomic E-state index is 0.185. The van der Waals surface area contributed by atoms with Gasteiger partial charge in [-0.15, -0.1) is 0 Å². The van der Waals surface area contributed by atoms with Gasteiger partial charge >= 0.3 is 5.97 Å². The third-order valence-corrected chi connectivity index (χ3v) is 3.52. The Morgan fingerprint density at radius 2 is 1.95 bits per heavy atom. The van der Waals surface area contributed by atoms with Gasteiger partial charge in [0.1, 0.15) is 6.54 Å². The zero-order chi connectivity index (χ0) is 14.7. The molecule has 5 heteroatoms. The molecular weight excluding hydrogens is 256 g/mol. The van der Waals surface area contributed by atoms with Crippen LogP contribution in [-0.2, 0) is 16.1 Å². The summed E-state index contributed by atoms with van der Waals surface area (Å²) in [5, 5.41) is 12.7. The fourth-order valence-electron chi connectivity index (χ4n) is 2.07. The standard InChI is InChI=1S/C15H18N2O3/c1-10(15(19)20)11(2)16-14(18)9-17-8-7-12-5-3-4-6-13(12)17/h3-8,10-11H,9H2,1-2H3,(H,16,18)(H,19,20). The zero-order valence-electron chi connectivity index (χ0n) is 11.5. The average Bonchev–Trinajstić information content (AvgIpc) is 2.81. The molecule has 2 unspecified atom stereocenters. The van der Waals surface area contributed by atoms with E-state index in [4.69, 9.17) is 5.11 Å². The Balaban J connectivity index is 2.03. The number of rotatable bonds is 5. The van der Waals surface area contributed by atoms with Crippen LogP contribution in [0.3, 0.4) is 0 Å². The summed E-state index contributed by atoms with van der Waals surface area (Å²) in [6, 6.07) is 9.35. The van der Waals surface area contributed by atoms with E-state index in [1.54, 1.807) is 13.8 Å². The van der Waals surface area contributed by atoms with Gasteiger partial charge in [0.15, 0.2) is 0 Å². The number of carboxylic acids is 1. The molecular formula is C15H18N2O3. The number of carboxylic acid groups (broad SMARTS) is 1. The number of aliphatic carboxylic acids is 1. The lowest BCUT2D eigenvalue weighted by Crippen LogP contribution is -2.41. The number of hydrogen-bond donors (Lipinski definition) is 2. The molecule has 1 aromatic carbocycles. The summed E-state index contributed by atoms with van der Waals surface area (Å²) in [4.78, 5) is 22.8. The van der Waals surface area contributed by atoms with E-state index in [2.05, 4.69) is 5.32 Å². The summed E-state index contributed by atoms with van der Waals surface area (Å²) in [7, 11) is 0. The van der Waals surface area contributed by atoms with Crippen LogP contribution in [0.1, 0.15) is 13.8 Å². The van der Waals surface area contributed by atoms with Crippen molar-refractivity contribution < 1.29 is 14.7 Å². The molecule has 0 bridgehead atoms. The first-order valence-electron chi connectivity index (χ1n) is 6.55. The molecule has 0 radical (unpaired) electrons. The Hall–Kier alpha value is -2.30. The third kappa shape index (κ3) is 2.99. The predicted octanol–water partition coefficient (Wildman–Crippen LogP) is 1.87. The van der Waals surface area contributed by atoms with Gasteiger partial charge in [-0.25, -0.2) is 0 Å². The molecule has 0 aliphatic heterocycles. The number of benzene rings is 1. The minimum Gasteiger partial charge on any atom is -0.481 e. The topological polar surface area (TPSA) is 71.3 Å². The molecule has 2 aromatic rings. The molecule has 106 valence electrons. The molecule has 0 saturated heterocycles. The molecule has 20 heavy (non-hydrogen) atoms. The van der Waals surface area contributed by atoms with E-state index in [9.17, 15) is 9.59 Å². The number of fused-ring (bicyclic) bond motifs is 1. The second-order valence-corrected chi connectivity index (χ2v) is 4.99. The van der Waals surface area contributed by atoms with E-state index in [1.807, 2.05) is 41.1 Å². The fourth-order valence-corrected chi connectivity index (χ4v) is 2.07. The van der Waals surface area contributed by atoms with Crippen LogP contribution in [0, 0.1) is 5.92 Å². The number of aromatic nitrogens is 1. The predicted molar refractivity (Wildman–Crippen MR) is 76.3 cm³/mol. The van der Waals surface area contributed by atoms with Crippen molar-refractivity contribution in [2.24, 2.45) is 5.92 Å². The lowest BCUT2D eigenvalue weighted by Gasteiger charge is -2.18. The van der Waals surface area contributed by atoms with E-state index in [-0.39, 0.29) is 12.5 Å². The number of amides is 1. The molecule has 0 aliphatic carbocycles. The van der Waals surface area contributed by atoms with Gasteiger partial charge in [-0.1, -0.05) is 18.2 Å². The summed E-state index contributed by atoms with van der Waals surface area (Å²) < 4.78 is 1.85. The largest absolute Gasteiger partial charge is 0.481 e. The van der Waals surface area contributed by atoms with Crippen LogP contribution >= 0.6 is 0 Å². The van der Waals surface area contributed by atoms with Gasteiger partial charge < -0.3 is 15.0 Å². The maximum atomic E-state index is 12.0. The van der Waals surface area contributed by atoms with Gasteiger partial charge in [-0.2, -0.15) is 0 Å². The molecule has 0 fully saturated rings. The number of carbonyl (C=O) groups excluding carboxylic acids is 1. The molecule has 0 saturated carbocycles. The van der Waals surface area contributed by atoms with Crippen molar-refractivity contribution in [2.45, 2.75) is 26.4 Å². The van der Waals surface area contributed by atoms with Gasteiger partial charge in [0.25, 0.3) is 0 Å². The maximum absolute atomic E-state index is 12.0. The normalized spacial score (nSPS) is 13.9. The Bertz CT molecular complexity index is 633. The van der Waals surface area contributed by atoms with Crippen molar-refractivity contribution in [3.63, 3.8) is 0 Å². The summed E-state index contributed by atoms with van der Waals surface area (Å²) in [6.07, 6.45) is 1.86. The van der Waals surface area contributed by atoms with Gasteiger partial charge in [0.05, 0.1) is 5.92 Å². The van der Waals surface area contributed by atoms with Crippen LogP contribution in [0.5, 0.6) is 0 Å². The average molecular weight is 274 g/mol. The smallest absolute Gasteiger partial charge is 0.308 e. The first-order chi connectivity index (χ1) is 9.49. The zero-order valence-corrected chi connectivity index (χ0v) is 11.5. The molecule has 0 aliphatic rings. The van der Waals surface area contributed by atoms with E-state index in [1.165, 1.54) is 0 Å². The third-order valence-electron chi connectivity index (χ3n) is 3.52. The Labute approximate surface area is 117 Å².